The zero-order valence-corrected chi connectivity index (χ0v) is 15.0. The van der Waals surface area contributed by atoms with Crippen LogP contribution in [0.3, 0.4) is 0 Å². The van der Waals surface area contributed by atoms with Crippen LogP contribution in [0.25, 0.3) is 0 Å². The third-order valence-corrected chi connectivity index (χ3v) is 3.65. The Hall–Kier alpha value is -0.0500. The van der Waals surface area contributed by atoms with Crippen LogP contribution < -0.4 is 34.7 Å². The van der Waals surface area contributed by atoms with Gasteiger partial charge in [-0.3, -0.25) is 4.55 Å². The summed E-state index contributed by atoms with van der Waals surface area (Å²) in [5.74, 6) is -0.971. The minimum Gasteiger partial charge on any atom is -0.862 e. The van der Waals surface area contributed by atoms with Gasteiger partial charge in [0.15, 0.2) is 0 Å². The molecular formula is C12H16NNaO4S2. The number of rotatable bonds is 7. The van der Waals surface area contributed by atoms with Gasteiger partial charge in [-0.05, 0) is 29.6 Å². The molecule has 0 heterocycles. The van der Waals surface area contributed by atoms with Crippen molar-refractivity contribution in [3.05, 3.63) is 35.9 Å². The standard InChI is InChI=1S/C12H17NO4S2.Na/c14-12(13-6-7-19(15,16)17)11(9-18)8-10-4-2-1-3-5-10;/h1-5,11,18H,6-9H2,(H,13,14)(H,15,16,17);/q;+1/p-1/t11-;/m0./s1. The molecule has 106 valence electrons. The van der Waals surface area contributed by atoms with Crippen molar-refractivity contribution in [2.75, 3.05) is 18.1 Å². The molecule has 8 heteroatoms. The molecule has 20 heavy (non-hydrogen) atoms. The van der Waals surface area contributed by atoms with Crippen molar-refractivity contribution in [2.24, 2.45) is 10.9 Å². The van der Waals surface area contributed by atoms with Crippen molar-refractivity contribution in [2.45, 2.75) is 6.42 Å². The molecule has 5 nitrogen and oxygen atoms in total. The molecule has 0 bridgehead atoms. The Kier molecular flexibility index (Phi) is 9.78. The van der Waals surface area contributed by atoms with Crippen molar-refractivity contribution in [1.29, 1.82) is 0 Å². The van der Waals surface area contributed by atoms with Gasteiger partial charge in [0.1, 0.15) is 0 Å². The molecule has 0 saturated heterocycles. The summed E-state index contributed by atoms with van der Waals surface area (Å²) in [6.07, 6.45) is 0.512. The van der Waals surface area contributed by atoms with Crippen molar-refractivity contribution in [3.63, 3.8) is 0 Å². The van der Waals surface area contributed by atoms with Gasteiger partial charge in [0.2, 0.25) is 0 Å². The number of hydrogen-bond acceptors (Lipinski definition) is 5. The average molecular weight is 325 g/mol. The molecule has 0 fully saturated rings. The molecule has 0 saturated carbocycles. The third kappa shape index (κ3) is 8.28. The fourth-order valence-electron chi connectivity index (χ4n) is 1.53. The van der Waals surface area contributed by atoms with Gasteiger partial charge in [-0.2, -0.15) is 21.0 Å². The predicted molar refractivity (Wildman–Crippen MR) is 76.2 cm³/mol. The molecule has 0 aliphatic rings. The van der Waals surface area contributed by atoms with Gasteiger partial charge in [0.25, 0.3) is 10.1 Å². The minimum atomic E-state index is -4.08. The molecule has 0 spiro atoms. The molecule has 1 aromatic rings. The third-order valence-electron chi connectivity index (χ3n) is 2.51. The molecule has 0 aliphatic carbocycles. The van der Waals surface area contributed by atoms with Crippen molar-refractivity contribution < 1.29 is 47.6 Å². The molecule has 0 amide bonds. The molecule has 0 aliphatic heterocycles. The Morgan fingerprint density at radius 3 is 2.45 bits per heavy atom. The molecule has 0 aromatic heterocycles. The van der Waals surface area contributed by atoms with E-state index >= 15 is 0 Å². The summed E-state index contributed by atoms with van der Waals surface area (Å²) in [4.78, 5) is 3.65. The Labute approximate surface area is 147 Å². The van der Waals surface area contributed by atoms with Crippen molar-refractivity contribution in [1.82, 2.24) is 0 Å². The second-order valence-electron chi connectivity index (χ2n) is 4.08. The Morgan fingerprint density at radius 1 is 1.35 bits per heavy atom. The molecule has 0 unspecified atom stereocenters. The van der Waals surface area contributed by atoms with Crippen LogP contribution in [0.4, 0.5) is 0 Å². The molecule has 1 aromatic carbocycles. The van der Waals surface area contributed by atoms with Crippen LogP contribution in [0.2, 0.25) is 0 Å². The van der Waals surface area contributed by atoms with E-state index in [1.54, 1.807) is 0 Å². The van der Waals surface area contributed by atoms with Gasteiger partial charge in [0, 0.05) is 0 Å². The van der Waals surface area contributed by atoms with E-state index in [2.05, 4.69) is 17.6 Å². The van der Waals surface area contributed by atoms with Gasteiger partial charge in [0.05, 0.1) is 12.3 Å². The largest absolute Gasteiger partial charge is 1.00 e. The predicted octanol–water partition coefficient (Wildman–Crippen LogP) is -2.57. The summed E-state index contributed by atoms with van der Waals surface area (Å²) in [5, 5.41) is 11.8. The SMILES string of the molecule is O=S(=O)(O)CCN=C([O-])[C@H](CS)Cc1ccccc1.[Na+]. The molecule has 0 radical (unpaired) electrons. The van der Waals surface area contributed by atoms with Gasteiger partial charge < -0.3 is 10.1 Å². The van der Waals surface area contributed by atoms with E-state index in [-0.39, 0.29) is 47.9 Å². The fraction of sp³-hybridized carbons (Fsp3) is 0.417. The number of nitrogens with zero attached hydrogens (tertiary/aromatic N) is 1. The van der Waals surface area contributed by atoms with E-state index < -0.39 is 15.9 Å². The molecule has 1 atom stereocenters. The van der Waals surface area contributed by atoms with Gasteiger partial charge in [-0.25, -0.2) is 0 Å². The van der Waals surface area contributed by atoms with Gasteiger partial charge >= 0.3 is 29.6 Å². The molecular weight excluding hydrogens is 309 g/mol. The summed E-state index contributed by atoms with van der Waals surface area (Å²) in [6, 6.07) is 9.46. The normalized spacial score (nSPS) is 13.6. The maximum Gasteiger partial charge on any atom is 1.00 e. The minimum absolute atomic E-state index is 0. The topological polar surface area (TPSA) is 89.8 Å². The monoisotopic (exact) mass is 325 g/mol. The van der Waals surface area contributed by atoms with Gasteiger partial charge in [-0.15, -0.1) is 0 Å². The summed E-state index contributed by atoms with van der Waals surface area (Å²) >= 11 is 4.12. The van der Waals surface area contributed by atoms with Crippen LogP contribution >= 0.6 is 12.6 Å². The second kappa shape index (κ2) is 9.81. The smallest absolute Gasteiger partial charge is 0.862 e. The first-order valence-electron chi connectivity index (χ1n) is 5.73. The van der Waals surface area contributed by atoms with E-state index in [1.165, 1.54) is 0 Å². The molecule has 1 N–H and O–H groups in total. The van der Waals surface area contributed by atoms with Crippen LogP contribution in [0.15, 0.2) is 35.3 Å². The molecule has 1 rings (SSSR count). The first-order chi connectivity index (χ1) is 8.92. The zero-order valence-electron chi connectivity index (χ0n) is 11.3. The van der Waals surface area contributed by atoms with E-state index in [0.29, 0.717) is 12.2 Å². The number of benzene rings is 1. The van der Waals surface area contributed by atoms with E-state index in [4.69, 9.17) is 4.55 Å². The Balaban J connectivity index is 0.00000361. The van der Waals surface area contributed by atoms with E-state index in [0.717, 1.165) is 5.56 Å². The van der Waals surface area contributed by atoms with Crippen molar-refractivity contribution >= 4 is 28.6 Å². The first kappa shape index (κ1) is 19.9. The quantitative estimate of drug-likeness (QED) is 0.190. The summed E-state index contributed by atoms with van der Waals surface area (Å²) in [5.41, 5.74) is 1.000. The average Bonchev–Trinajstić information content (AvgIpc) is 2.35. The summed E-state index contributed by atoms with van der Waals surface area (Å²) < 4.78 is 29.6. The number of thiol groups is 1. The van der Waals surface area contributed by atoms with Crippen LogP contribution in [-0.2, 0) is 16.5 Å². The Morgan fingerprint density at radius 2 is 1.95 bits per heavy atom. The summed E-state index contributed by atoms with van der Waals surface area (Å²) in [6.45, 7) is -0.225. The van der Waals surface area contributed by atoms with Crippen LogP contribution in [0.5, 0.6) is 0 Å². The maximum absolute atomic E-state index is 11.8. The van der Waals surface area contributed by atoms with Crippen LogP contribution in [0.1, 0.15) is 5.56 Å². The zero-order chi connectivity index (χ0) is 14.3. The van der Waals surface area contributed by atoms with E-state index in [1.807, 2.05) is 30.3 Å². The summed E-state index contributed by atoms with van der Waals surface area (Å²) in [7, 11) is -4.08. The van der Waals surface area contributed by atoms with Crippen molar-refractivity contribution in [3.8, 4) is 0 Å². The fourth-order valence-corrected chi connectivity index (χ4v) is 2.14. The number of aliphatic imine (C=N–C) groups is 1. The van der Waals surface area contributed by atoms with Gasteiger partial charge in [-0.1, -0.05) is 30.3 Å². The van der Waals surface area contributed by atoms with Crippen LogP contribution in [0, 0.1) is 5.92 Å². The maximum atomic E-state index is 11.8. The number of hydrogen-bond donors (Lipinski definition) is 2. The van der Waals surface area contributed by atoms with Crippen LogP contribution in [-0.4, -0.2) is 36.9 Å². The first-order valence-corrected chi connectivity index (χ1v) is 7.98. The second-order valence-corrected chi connectivity index (χ2v) is 6.01. The Bertz CT molecular complexity index is 520. The van der Waals surface area contributed by atoms with E-state index in [9.17, 15) is 13.5 Å².